The minimum Gasteiger partial charge on any atom is -0.308 e. The lowest BCUT2D eigenvalue weighted by molar-refractivity contribution is -0.0901. The summed E-state index contributed by atoms with van der Waals surface area (Å²) in [6.45, 7) is 10.4. The lowest BCUT2D eigenvalue weighted by Crippen LogP contribution is -2.67. The van der Waals surface area contributed by atoms with Crippen molar-refractivity contribution in [3.8, 4) is 0 Å². The van der Waals surface area contributed by atoms with Crippen molar-refractivity contribution in [2.45, 2.75) is 89.3 Å². The van der Waals surface area contributed by atoms with Gasteiger partial charge in [0.15, 0.2) is 5.82 Å². The molecular formula is C21H36N6. The van der Waals surface area contributed by atoms with Crippen molar-refractivity contribution in [3.63, 3.8) is 0 Å². The summed E-state index contributed by atoms with van der Waals surface area (Å²) in [6.07, 6.45) is 10.5. The molecule has 27 heavy (non-hydrogen) atoms. The van der Waals surface area contributed by atoms with E-state index in [1.165, 1.54) is 71.0 Å². The summed E-state index contributed by atoms with van der Waals surface area (Å²) >= 11 is 0. The maximum atomic E-state index is 4.68. The molecule has 6 heteroatoms. The first-order valence-corrected chi connectivity index (χ1v) is 11.2. The summed E-state index contributed by atoms with van der Waals surface area (Å²) in [5.41, 5.74) is 0.438. The zero-order chi connectivity index (χ0) is 18.6. The van der Waals surface area contributed by atoms with Gasteiger partial charge in [-0.15, -0.1) is 10.2 Å². The molecular weight excluding hydrogens is 336 g/mol. The Hall–Kier alpha value is -1.01. The average Bonchev–Trinajstić information content (AvgIpc) is 3.02. The van der Waals surface area contributed by atoms with E-state index in [0.29, 0.717) is 11.6 Å². The van der Waals surface area contributed by atoms with Crippen LogP contribution in [0.4, 0.5) is 0 Å². The van der Waals surface area contributed by atoms with E-state index in [9.17, 15) is 0 Å². The topological polar surface area (TPSA) is 58.9 Å². The lowest BCUT2D eigenvalue weighted by Gasteiger charge is -2.62. The highest BCUT2D eigenvalue weighted by Gasteiger charge is 2.60. The second-order valence-electron chi connectivity index (χ2n) is 10.7. The van der Waals surface area contributed by atoms with Gasteiger partial charge in [-0.25, -0.2) is 0 Å². The highest BCUT2D eigenvalue weighted by molar-refractivity contribution is 5.14. The Morgan fingerprint density at radius 1 is 1.11 bits per heavy atom. The minimum atomic E-state index is 0.122. The fourth-order valence-corrected chi connectivity index (χ4v) is 7.31. The van der Waals surface area contributed by atoms with E-state index in [1.54, 1.807) is 0 Å². The number of nitrogens with one attached hydrogen (secondary N) is 1. The second kappa shape index (κ2) is 6.51. The maximum Gasteiger partial charge on any atom is 0.171 e. The highest BCUT2D eigenvalue weighted by atomic mass is 15.6. The Bertz CT molecular complexity index is 660. The largest absolute Gasteiger partial charge is 0.308 e. The summed E-state index contributed by atoms with van der Waals surface area (Å²) < 4.78 is 0. The van der Waals surface area contributed by atoms with Crippen molar-refractivity contribution in [1.29, 1.82) is 0 Å². The van der Waals surface area contributed by atoms with Crippen LogP contribution in [-0.2, 0) is 5.54 Å². The fraction of sp³-hybridized carbons (Fsp3) is 0.952. The van der Waals surface area contributed by atoms with E-state index in [1.807, 2.05) is 11.7 Å². The van der Waals surface area contributed by atoms with Crippen LogP contribution in [-0.4, -0.2) is 56.3 Å². The molecule has 5 fully saturated rings. The van der Waals surface area contributed by atoms with Gasteiger partial charge in [0, 0.05) is 18.1 Å². The number of nitrogens with zero attached hydrogens (tertiary/aromatic N) is 5. The Labute approximate surface area is 163 Å². The molecule has 4 bridgehead atoms. The molecule has 2 heterocycles. The highest BCUT2D eigenvalue weighted by Crippen LogP contribution is 2.60. The molecule has 0 unspecified atom stereocenters. The third-order valence-corrected chi connectivity index (χ3v) is 7.69. The van der Waals surface area contributed by atoms with Crippen molar-refractivity contribution in [2.75, 3.05) is 19.6 Å². The smallest absolute Gasteiger partial charge is 0.171 e. The normalized spacial score (nSPS) is 39.6. The molecule has 2 atom stereocenters. The van der Waals surface area contributed by atoms with Gasteiger partial charge in [-0.2, -0.15) is 4.80 Å². The van der Waals surface area contributed by atoms with Crippen molar-refractivity contribution in [1.82, 2.24) is 30.4 Å². The molecule has 150 valence electrons. The molecule has 6 rings (SSSR count). The molecule has 1 aromatic heterocycles. The van der Waals surface area contributed by atoms with Crippen molar-refractivity contribution in [2.24, 2.45) is 17.8 Å². The number of rotatable bonds is 5. The molecule has 0 amide bonds. The van der Waals surface area contributed by atoms with Gasteiger partial charge >= 0.3 is 0 Å². The van der Waals surface area contributed by atoms with Crippen molar-refractivity contribution in [3.05, 3.63) is 5.82 Å². The Kier molecular flexibility index (Phi) is 4.35. The molecule has 1 N–H and O–H groups in total. The van der Waals surface area contributed by atoms with Gasteiger partial charge in [-0.3, -0.25) is 0 Å². The summed E-state index contributed by atoms with van der Waals surface area (Å²) in [5, 5.41) is 17.6. The molecule has 0 aromatic carbocycles. The standard InChI is InChI=1S/C21H36N6/c1-15(2)13-26-6-4-19(5-7-26)22-20-9-17-8-18(10-20)12-21(11-17,14-20)27-24-16(3)23-25-27/h15,17-19,22H,4-14H2,1-3H3/t17-,18-,20?,21?/m1/s1. The third kappa shape index (κ3) is 3.33. The number of aromatic nitrogens is 4. The number of hydrogen-bond donors (Lipinski definition) is 1. The van der Waals surface area contributed by atoms with E-state index in [-0.39, 0.29) is 5.54 Å². The zero-order valence-electron chi connectivity index (χ0n) is 17.3. The van der Waals surface area contributed by atoms with Crippen LogP contribution in [0.15, 0.2) is 0 Å². The Morgan fingerprint density at radius 2 is 1.81 bits per heavy atom. The van der Waals surface area contributed by atoms with Crippen LogP contribution in [0, 0.1) is 24.7 Å². The van der Waals surface area contributed by atoms with Crippen LogP contribution in [0.5, 0.6) is 0 Å². The quantitative estimate of drug-likeness (QED) is 0.861. The van der Waals surface area contributed by atoms with Crippen LogP contribution in [0.2, 0.25) is 0 Å². The molecule has 1 saturated heterocycles. The first-order chi connectivity index (χ1) is 12.9. The Balaban J connectivity index is 1.30. The van der Waals surface area contributed by atoms with Gasteiger partial charge in [-0.05, 0) is 94.3 Å². The Morgan fingerprint density at radius 3 is 2.41 bits per heavy atom. The molecule has 4 aliphatic carbocycles. The number of piperidine rings is 1. The van der Waals surface area contributed by atoms with Crippen LogP contribution in [0.1, 0.15) is 71.0 Å². The predicted molar refractivity (Wildman–Crippen MR) is 105 cm³/mol. The van der Waals surface area contributed by atoms with E-state index in [2.05, 4.69) is 39.5 Å². The monoisotopic (exact) mass is 372 g/mol. The first-order valence-electron chi connectivity index (χ1n) is 11.2. The molecule has 6 nitrogen and oxygen atoms in total. The number of aryl methyl sites for hydroxylation is 1. The van der Waals surface area contributed by atoms with Gasteiger partial charge < -0.3 is 10.2 Å². The maximum absolute atomic E-state index is 4.68. The summed E-state index contributed by atoms with van der Waals surface area (Å²) in [6, 6.07) is 0.687. The van der Waals surface area contributed by atoms with Gasteiger partial charge in [-0.1, -0.05) is 13.8 Å². The van der Waals surface area contributed by atoms with Gasteiger partial charge in [0.05, 0.1) is 5.54 Å². The van der Waals surface area contributed by atoms with Gasteiger partial charge in [0.25, 0.3) is 0 Å². The van der Waals surface area contributed by atoms with Crippen molar-refractivity contribution < 1.29 is 0 Å². The van der Waals surface area contributed by atoms with E-state index in [4.69, 9.17) is 0 Å². The van der Waals surface area contributed by atoms with E-state index >= 15 is 0 Å². The van der Waals surface area contributed by atoms with Crippen LogP contribution >= 0.6 is 0 Å². The molecule has 1 aromatic rings. The number of tetrazole rings is 1. The minimum absolute atomic E-state index is 0.122. The predicted octanol–water partition coefficient (Wildman–Crippen LogP) is 2.74. The lowest BCUT2D eigenvalue weighted by atomic mass is 9.50. The molecule has 0 spiro atoms. The van der Waals surface area contributed by atoms with Crippen molar-refractivity contribution >= 4 is 0 Å². The number of likely N-dealkylation sites (tertiary alicyclic amines) is 1. The molecule has 0 radical (unpaired) electrons. The van der Waals surface area contributed by atoms with Gasteiger partial charge in [0.1, 0.15) is 0 Å². The second-order valence-corrected chi connectivity index (χ2v) is 10.7. The third-order valence-electron chi connectivity index (χ3n) is 7.69. The fourth-order valence-electron chi connectivity index (χ4n) is 7.31. The summed E-state index contributed by atoms with van der Waals surface area (Å²) in [5.74, 6) is 3.26. The van der Waals surface area contributed by atoms with Crippen LogP contribution in [0.25, 0.3) is 0 Å². The number of hydrogen-bond acceptors (Lipinski definition) is 5. The molecule has 4 saturated carbocycles. The van der Waals surface area contributed by atoms with Crippen LogP contribution < -0.4 is 5.32 Å². The van der Waals surface area contributed by atoms with E-state index < -0.39 is 0 Å². The SMILES string of the molecule is Cc1nnn(C23C[C@@H]4C[C@H](CC(NC5CCN(CC(C)C)CC5)(C4)C2)C3)n1. The molecule has 1 aliphatic heterocycles. The average molecular weight is 373 g/mol. The molecule has 5 aliphatic rings. The summed E-state index contributed by atoms with van der Waals surface area (Å²) in [7, 11) is 0. The first kappa shape index (κ1) is 18.0. The van der Waals surface area contributed by atoms with Crippen LogP contribution in [0.3, 0.4) is 0 Å². The zero-order valence-corrected chi connectivity index (χ0v) is 17.3. The van der Waals surface area contributed by atoms with Gasteiger partial charge in [0.2, 0.25) is 0 Å². The van der Waals surface area contributed by atoms with E-state index in [0.717, 1.165) is 23.6 Å². The summed E-state index contributed by atoms with van der Waals surface area (Å²) in [4.78, 5) is 4.67.